The van der Waals surface area contributed by atoms with Gasteiger partial charge in [0, 0.05) is 68.4 Å². The van der Waals surface area contributed by atoms with E-state index in [-0.39, 0.29) is 58.6 Å². The number of pyridine rings is 1. The Bertz CT molecular complexity index is 1960. The number of nitrogens with zero attached hydrogens (tertiary/aromatic N) is 7. The summed E-state index contributed by atoms with van der Waals surface area (Å²) in [6.07, 6.45) is 5.23. The number of hydrogen-bond acceptors (Lipinski definition) is 10. The number of rotatable bonds is 15. The van der Waals surface area contributed by atoms with E-state index in [1.165, 1.54) is 17.7 Å². The topological polar surface area (TPSA) is 106 Å². The molecule has 2 aliphatic heterocycles. The molecule has 1 spiro atoms. The number of carbonyl (C=O) groups is 1. The maximum atomic E-state index is 14.4. The highest BCUT2D eigenvalue weighted by atomic mass is 35.5. The van der Waals surface area contributed by atoms with Crippen LogP contribution in [-0.4, -0.2) is 87.4 Å². The summed E-state index contributed by atoms with van der Waals surface area (Å²) in [6, 6.07) is 15.8. The van der Waals surface area contributed by atoms with Crippen molar-refractivity contribution in [1.29, 1.82) is 0 Å². The number of hydrogen-bond donors (Lipinski definition) is 0. The summed E-state index contributed by atoms with van der Waals surface area (Å²) in [6.45, 7) is 6.08. The third kappa shape index (κ3) is 8.66. The molecule has 4 heterocycles. The number of aromatic nitrogens is 4. The highest BCUT2D eigenvalue weighted by Crippen LogP contribution is 2.52. The Hall–Kier alpha value is -4.53. The standard InChI is InChI=1S/C40H45ClF3N7O4/c1-4-51(25(2)3)37(52)29-19-27(42)12-13-32(29)55-36-35(46-38(41)48-47-36)50-23-40(24-50)20-28(21-40)54-33-14-16-45-30-15-17-49(22-26-9-6-5-7-10-26)31(34(30)33)11-8-18-53-39(43)44/h5-7,9-10,12-14,16,19,25,28,31,39H,4,8,11,15,17-18,20-24H2,1-3H3. The largest absolute Gasteiger partial charge is 0.490 e. The van der Waals surface area contributed by atoms with Gasteiger partial charge in [-0.3, -0.25) is 14.7 Å². The Balaban J connectivity index is 1.04. The lowest BCUT2D eigenvalue weighted by Crippen LogP contribution is -2.65. The smallest absolute Gasteiger partial charge is 0.345 e. The second-order valence-electron chi connectivity index (χ2n) is 14.8. The SMILES string of the molecule is CCN(C(=O)c1cc(F)ccc1Oc1nnc(Cl)nc1N1CC2(CC(Oc3ccnc4c3C(CCCOC(F)F)N(Cc3ccccc3)CC4)C2)C1)C(C)C. The van der Waals surface area contributed by atoms with Crippen LogP contribution in [0.4, 0.5) is 19.0 Å². The maximum Gasteiger partial charge on any atom is 0.345 e. The van der Waals surface area contributed by atoms with E-state index in [1.54, 1.807) is 11.1 Å². The molecule has 1 atom stereocenters. The maximum absolute atomic E-state index is 14.4. The second kappa shape index (κ2) is 16.7. The fourth-order valence-corrected chi connectivity index (χ4v) is 8.31. The summed E-state index contributed by atoms with van der Waals surface area (Å²) >= 11 is 6.21. The first-order valence-corrected chi connectivity index (χ1v) is 19.2. The van der Waals surface area contributed by atoms with Crippen molar-refractivity contribution in [2.24, 2.45) is 5.41 Å². The van der Waals surface area contributed by atoms with Crippen molar-refractivity contribution in [3.8, 4) is 17.4 Å². The van der Waals surface area contributed by atoms with E-state index in [4.69, 9.17) is 26.1 Å². The monoisotopic (exact) mass is 779 g/mol. The lowest BCUT2D eigenvalue weighted by atomic mass is 9.61. The van der Waals surface area contributed by atoms with Gasteiger partial charge < -0.3 is 24.0 Å². The first-order valence-electron chi connectivity index (χ1n) is 18.8. The molecule has 2 aromatic heterocycles. The van der Waals surface area contributed by atoms with Crippen LogP contribution in [-0.2, 0) is 17.7 Å². The summed E-state index contributed by atoms with van der Waals surface area (Å²) in [5, 5.41) is 8.01. The summed E-state index contributed by atoms with van der Waals surface area (Å²) in [7, 11) is 0. The zero-order valence-electron chi connectivity index (χ0n) is 31.1. The fraction of sp³-hybridized carbons (Fsp3) is 0.475. The third-order valence-corrected chi connectivity index (χ3v) is 10.9. The summed E-state index contributed by atoms with van der Waals surface area (Å²) < 4.78 is 57.5. The van der Waals surface area contributed by atoms with E-state index < -0.39 is 12.4 Å². The van der Waals surface area contributed by atoms with Crippen LogP contribution < -0.4 is 14.4 Å². The van der Waals surface area contributed by atoms with Crippen LogP contribution >= 0.6 is 11.6 Å². The van der Waals surface area contributed by atoms with Gasteiger partial charge in [0.15, 0.2) is 5.82 Å². The van der Waals surface area contributed by atoms with Crippen molar-refractivity contribution >= 4 is 23.3 Å². The first-order chi connectivity index (χ1) is 26.5. The van der Waals surface area contributed by atoms with Crippen LogP contribution in [0.2, 0.25) is 5.28 Å². The van der Waals surface area contributed by atoms with E-state index in [1.807, 2.05) is 49.9 Å². The Morgan fingerprint density at radius 3 is 2.58 bits per heavy atom. The predicted octanol–water partition coefficient (Wildman–Crippen LogP) is 7.89. The van der Waals surface area contributed by atoms with Gasteiger partial charge in [0.2, 0.25) is 5.28 Å². The number of benzene rings is 2. The molecule has 292 valence electrons. The number of alkyl halides is 2. The summed E-state index contributed by atoms with van der Waals surface area (Å²) in [4.78, 5) is 28.6. The first kappa shape index (κ1) is 38.7. The number of ether oxygens (including phenoxy) is 3. The molecule has 11 nitrogen and oxygen atoms in total. The van der Waals surface area contributed by atoms with E-state index in [2.05, 4.69) is 37.0 Å². The van der Waals surface area contributed by atoms with Gasteiger partial charge in [-0.25, -0.2) is 4.39 Å². The molecule has 2 fully saturated rings. The molecular formula is C40H45ClF3N7O4. The van der Waals surface area contributed by atoms with Crippen molar-refractivity contribution in [1.82, 2.24) is 30.0 Å². The Kier molecular flexibility index (Phi) is 11.7. The highest BCUT2D eigenvalue weighted by molar-refractivity contribution is 6.28. The summed E-state index contributed by atoms with van der Waals surface area (Å²) in [5.74, 6) is 0.445. The molecule has 15 heteroatoms. The number of halogens is 4. The quantitative estimate of drug-likeness (QED) is 0.111. The minimum absolute atomic E-state index is 0.0201. The third-order valence-electron chi connectivity index (χ3n) is 10.7. The van der Waals surface area contributed by atoms with Crippen molar-refractivity contribution in [2.45, 2.75) is 84.2 Å². The van der Waals surface area contributed by atoms with Crippen molar-refractivity contribution in [3.63, 3.8) is 0 Å². The van der Waals surface area contributed by atoms with Crippen LogP contribution in [0.3, 0.4) is 0 Å². The highest BCUT2D eigenvalue weighted by Gasteiger charge is 2.55. The molecular weight excluding hydrogens is 735 g/mol. The number of fused-ring (bicyclic) bond motifs is 1. The van der Waals surface area contributed by atoms with Gasteiger partial charge in [0.1, 0.15) is 23.4 Å². The minimum atomic E-state index is -2.80. The lowest BCUT2D eigenvalue weighted by Gasteiger charge is -2.58. The molecule has 1 aliphatic carbocycles. The van der Waals surface area contributed by atoms with Crippen LogP contribution in [0, 0.1) is 11.2 Å². The van der Waals surface area contributed by atoms with Gasteiger partial charge in [0.25, 0.3) is 11.8 Å². The van der Waals surface area contributed by atoms with Gasteiger partial charge >= 0.3 is 6.61 Å². The molecule has 1 amide bonds. The van der Waals surface area contributed by atoms with Crippen LogP contribution in [0.15, 0.2) is 60.8 Å². The molecule has 1 saturated carbocycles. The van der Waals surface area contributed by atoms with E-state index in [0.29, 0.717) is 38.3 Å². The van der Waals surface area contributed by atoms with Gasteiger partial charge in [-0.05, 0) is 87.9 Å². The van der Waals surface area contributed by atoms with Gasteiger partial charge in [-0.2, -0.15) is 13.8 Å². The average Bonchev–Trinajstić information content (AvgIpc) is 3.13. The van der Waals surface area contributed by atoms with E-state index in [0.717, 1.165) is 55.4 Å². The Morgan fingerprint density at radius 2 is 1.85 bits per heavy atom. The van der Waals surface area contributed by atoms with Gasteiger partial charge in [-0.1, -0.05) is 30.3 Å². The number of amides is 1. The lowest BCUT2D eigenvalue weighted by molar-refractivity contribution is -0.130. The number of carbonyl (C=O) groups excluding carboxylic acids is 1. The molecule has 0 radical (unpaired) electrons. The molecule has 1 unspecified atom stereocenters. The number of anilines is 1. The molecule has 0 N–H and O–H groups in total. The Morgan fingerprint density at radius 1 is 1.07 bits per heavy atom. The molecule has 3 aliphatic rings. The predicted molar refractivity (Wildman–Crippen MR) is 200 cm³/mol. The molecule has 7 rings (SSSR count). The fourth-order valence-electron chi connectivity index (χ4n) is 8.19. The average molecular weight is 780 g/mol. The molecule has 55 heavy (non-hydrogen) atoms. The molecule has 1 saturated heterocycles. The van der Waals surface area contributed by atoms with Crippen molar-refractivity contribution in [2.75, 3.05) is 37.7 Å². The zero-order valence-corrected chi connectivity index (χ0v) is 31.9. The van der Waals surface area contributed by atoms with E-state index >= 15 is 0 Å². The van der Waals surface area contributed by atoms with Crippen LogP contribution in [0.1, 0.15) is 79.7 Å². The zero-order chi connectivity index (χ0) is 38.7. The van der Waals surface area contributed by atoms with Gasteiger partial charge in [-0.15, -0.1) is 10.2 Å². The van der Waals surface area contributed by atoms with E-state index in [9.17, 15) is 18.0 Å². The van der Waals surface area contributed by atoms with Crippen LogP contribution in [0.25, 0.3) is 0 Å². The molecule has 4 aromatic rings. The normalized spacial score (nSPS) is 17.9. The van der Waals surface area contributed by atoms with Crippen molar-refractivity contribution in [3.05, 3.63) is 94.3 Å². The molecule has 2 aromatic carbocycles. The Labute approximate surface area is 323 Å². The van der Waals surface area contributed by atoms with Gasteiger partial charge in [0.05, 0.1) is 17.9 Å². The van der Waals surface area contributed by atoms with Crippen molar-refractivity contribution < 1.29 is 32.2 Å². The van der Waals surface area contributed by atoms with Crippen LogP contribution in [0.5, 0.6) is 17.4 Å². The molecule has 0 bridgehead atoms. The summed E-state index contributed by atoms with van der Waals surface area (Å²) in [5.41, 5.74) is 3.23. The minimum Gasteiger partial charge on any atom is -0.490 e. The second-order valence-corrected chi connectivity index (χ2v) is 15.1.